The molecule has 4 rings (SSSR count). The van der Waals surface area contributed by atoms with Crippen LogP contribution in [0, 0.1) is 11.6 Å². The summed E-state index contributed by atoms with van der Waals surface area (Å²) in [5.74, 6) is -3.55. The van der Waals surface area contributed by atoms with Crippen molar-refractivity contribution in [2.24, 2.45) is 0 Å². The van der Waals surface area contributed by atoms with E-state index in [2.05, 4.69) is 10.6 Å². The van der Waals surface area contributed by atoms with Gasteiger partial charge in [-0.3, -0.25) is 19.3 Å². The molecule has 30 heavy (non-hydrogen) atoms. The first-order chi connectivity index (χ1) is 14.0. The number of carbonyl (C=O) groups is 3. The van der Waals surface area contributed by atoms with E-state index in [1.807, 2.05) is 0 Å². The smallest absolute Gasteiger partial charge is 0.262 e. The molecule has 2 N–H and O–H groups in total. The Balaban J connectivity index is 0.00000256. The molecule has 0 aromatic heterocycles. The van der Waals surface area contributed by atoms with Gasteiger partial charge in [-0.15, -0.1) is 12.4 Å². The van der Waals surface area contributed by atoms with Gasteiger partial charge in [-0.1, -0.05) is 18.2 Å². The molecular formula is C21H20ClF2N3O3. The standard InChI is InChI=1S/C21H19F2N3O3.ClH/c22-16-6-5-12(9-17(16)23)13-7-8-24-10-18(13)25-19(27)11-26-20(28)14-3-1-2-4-15(14)21(26)29;/h1-6,9,13,18,24H,7-8,10-11H2,(H,25,27);1H. The zero-order valence-corrected chi connectivity index (χ0v) is 16.7. The molecule has 0 spiro atoms. The Morgan fingerprint density at radius 1 is 1.07 bits per heavy atom. The van der Waals surface area contributed by atoms with E-state index in [0.717, 1.165) is 17.0 Å². The zero-order chi connectivity index (χ0) is 20.5. The summed E-state index contributed by atoms with van der Waals surface area (Å²) in [5, 5.41) is 5.99. The second-order valence-electron chi connectivity index (χ2n) is 7.19. The first kappa shape index (κ1) is 21.9. The van der Waals surface area contributed by atoms with Gasteiger partial charge < -0.3 is 10.6 Å². The molecule has 1 fully saturated rings. The van der Waals surface area contributed by atoms with Crippen molar-refractivity contribution in [2.75, 3.05) is 19.6 Å². The largest absolute Gasteiger partial charge is 0.350 e. The van der Waals surface area contributed by atoms with Crippen LogP contribution < -0.4 is 10.6 Å². The van der Waals surface area contributed by atoms with Gasteiger partial charge in [0.1, 0.15) is 6.54 Å². The molecule has 3 amide bonds. The minimum atomic E-state index is -0.933. The van der Waals surface area contributed by atoms with Crippen molar-refractivity contribution < 1.29 is 23.2 Å². The Hall–Kier alpha value is -2.84. The van der Waals surface area contributed by atoms with E-state index in [-0.39, 0.29) is 35.5 Å². The Labute approximate surface area is 178 Å². The quantitative estimate of drug-likeness (QED) is 0.722. The predicted molar refractivity (Wildman–Crippen MR) is 108 cm³/mol. The van der Waals surface area contributed by atoms with E-state index < -0.39 is 35.9 Å². The number of hydrogen-bond donors (Lipinski definition) is 2. The number of nitrogens with one attached hydrogen (secondary N) is 2. The van der Waals surface area contributed by atoms with Crippen molar-refractivity contribution in [3.8, 4) is 0 Å². The fourth-order valence-corrected chi connectivity index (χ4v) is 3.93. The van der Waals surface area contributed by atoms with Crippen LogP contribution in [-0.2, 0) is 4.79 Å². The van der Waals surface area contributed by atoms with Crippen LogP contribution in [0.3, 0.4) is 0 Å². The van der Waals surface area contributed by atoms with Gasteiger partial charge in [-0.2, -0.15) is 0 Å². The van der Waals surface area contributed by atoms with Gasteiger partial charge in [0.25, 0.3) is 11.8 Å². The van der Waals surface area contributed by atoms with Crippen molar-refractivity contribution >= 4 is 30.1 Å². The van der Waals surface area contributed by atoms with Crippen LogP contribution in [0.5, 0.6) is 0 Å². The number of rotatable bonds is 4. The summed E-state index contributed by atoms with van der Waals surface area (Å²) in [6.07, 6.45) is 0.628. The average molecular weight is 436 g/mol. The lowest BCUT2D eigenvalue weighted by Crippen LogP contribution is -2.52. The number of halogens is 3. The molecule has 158 valence electrons. The molecule has 0 aliphatic carbocycles. The Morgan fingerprint density at radius 3 is 2.37 bits per heavy atom. The molecule has 2 heterocycles. The third kappa shape index (κ3) is 4.06. The van der Waals surface area contributed by atoms with Crippen LogP contribution >= 0.6 is 12.4 Å². The molecule has 2 aliphatic rings. The highest BCUT2D eigenvalue weighted by Gasteiger charge is 2.37. The number of fused-ring (bicyclic) bond motifs is 1. The molecule has 2 unspecified atom stereocenters. The van der Waals surface area contributed by atoms with Crippen molar-refractivity contribution in [2.45, 2.75) is 18.4 Å². The van der Waals surface area contributed by atoms with Crippen molar-refractivity contribution in [3.63, 3.8) is 0 Å². The molecule has 9 heteroatoms. The number of benzene rings is 2. The average Bonchev–Trinajstić information content (AvgIpc) is 2.96. The first-order valence-corrected chi connectivity index (χ1v) is 9.36. The summed E-state index contributed by atoms with van der Waals surface area (Å²) in [6, 6.07) is 9.78. The number of amides is 3. The Morgan fingerprint density at radius 2 is 1.73 bits per heavy atom. The number of carbonyl (C=O) groups excluding carboxylic acids is 3. The summed E-state index contributed by atoms with van der Waals surface area (Å²) in [7, 11) is 0. The minimum Gasteiger partial charge on any atom is -0.350 e. The second kappa shape index (κ2) is 8.89. The maximum absolute atomic E-state index is 13.7. The second-order valence-corrected chi connectivity index (χ2v) is 7.19. The molecule has 2 aromatic carbocycles. The van der Waals surface area contributed by atoms with Gasteiger partial charge in [0.15, 0.2) is 11.6 Å². The van der Waals surface area contributed by atoms with Crippen molar-refractivity contribution in [1.29, 1.82) is 0 Å². The highest BCUT2D eigenvalue weighted by molar-refractivity contribution is 6.22. The van der Waals surface area contributed by atoms with Crippen LogP contribution in [0.2, 0.25) is 0 Å². The van der Waals surface area contributed by atoms with E-state index in [0.29, 0.717) is 25.1 Å². The van der Waals surface area contributed by atoms with Gasteiger partial charge in [-0.25, -0.2) is 8.78 Å². The summed E-state index contributed by atoms with van der Waals surface area (Å²) in [5.41, 5.74) is 1.16. The van der Waals surface area contributed by atoms with Crippen molar-refractivity contribution in [1.82, 2.24) is 15.5 Å². The fraction of sp³-hybridized carbons (Fsp3) is 0.286. The van der Waals surface area contributed by atoms with E-state index >= 15 is 0 Å². The van der Waals surface area contributed by atoms with E-state index in [1.54, 1.807) is 24.3 Å². The molecule has 2 aromatic rings. The molecule has 2 aliphatic heterocycles. The zero-order valence-electron chi connectivity index (χ0n) is 15.9. The van der Waals surface area contributed by atoms with Gasteiger partial charge in [-0.05, 0) is 42.8 Å². The molecule has 6 nitrogen and oxygen atoms in total. The third-order valence-electron chi connectivity index (χ3n) is 5.38. The molecule has 0 bridgehead atoms. The van der Waals surface area contributed by atoms with Gasteiger partial charge in [0.05, 0.1) is 11.1 Å². The highest BCUT2D eigenvalue weighted by atomic mass is 35.5. The molecule has 2 atom stereocenters. The minimum absolute atomic E-state index is 0. The van der Waals surface area contributed by atoms with Gasteiger partial charge >= 0.3 is 0 Å². The van der Waals surface area contributed by atoms with Crippen LogP contribution in [0.1, 0.15) is 38.6 Å². The van der Waals surface area contributed by atoms with E-state index in [1.165, 1.54) is 6.07 Å². The monoisotopic (exact) mass is 435 g/mol. The number of piperidine rings is 1. The summed E-state index contributed by atoms with van der Waals surface area (Å²) >= 11 is 0. The van der Waals surface area contributed by atoms with Gasteiger partial charge in [0.2, 0.25) is 5.91 Å². The number of nitrogens with zero attached hydrogens (tertiary/aromatic N) is 1. The van der Waals surface area contributed by atoms with Crippen LogP contribution in [0.4, 0.5) is 8.78 Å². The molecular weight excluding hydrogens is 416 g/mol. The van der Waals surface area contributed by atoms with Gasteiger partial charge in [0, 0.05) is 18.5 Å². The maximum atomic E-state index is 13.7. The van der Waals surface area contributed by atoms with Crippen LogP contribution in [0.15, 0.2) is 42.5 Å². The molecule has 1 saturated heterocycles. The normalized spacial score (nSPS) is 20.5. The highest BCUT2D eigenvalue weighted by Crippen LogP contribution is 2.27. The number of hydrogen-bond acceptors (Lipinski definition) is 4. The number of imide groups is 1. The van der Waals surface area contributed by atoms with E-state index in [4.69, 9.17) is 0 Å². The lowest BCUT2D eigenvalue weighted by Gasteiger charge is -2.33. The summed E-state index contributed by atoms with van der Waals surface area (Å²) in [6.45, 7) is 0.722. The van der Waals surface area contributed by atoms with E-state index in [9.17, 15) is 23.2 Å². The lowest BCUT2D eigenvalue weighted by atomic mass is 9.86. The Kier molecular flexibility index (Phi) is 6.48. The first-order valence-electron chi connectivity index (χ1n) is 9.36. The molecule has 0 radical (unpaired) electrons. The SMILES string of the molecule is Cl.O=C(CN1C(=O)c2ccccc2C1=O)NC1CNCCC1c1ccc(F)c(F)c1. The molecule has 0 saturated carbocycles. The third-order valence-corrected chi connectivity index (χ3v) is 5.38. The maximum Gasteiger partial charge on any atom is 0.262 e. The Bertz CT molecular complexity index is 966. The lowest BCUT2D eigenvalue weighted by molar-refractivity contribution is -0.122. The van der Waals surface area contributed by atoms with Crippen molar-refractivity contribution in [3.05, 3.63) is 70.8 Å². The topological polar surface area (TPSA) is 78.5 Å². The summed E-state index contributed by atoms with van der Waals surface area (Å²) in [4.78, 5) is 38.4. The summed E-state index contributed by atoms with van der Waals surface area (Å²) < 4.78 is 26.9. The predicted octanol–water partition coefficient (Wildman–Crippen LogP) is 2.24. The van der Waals surface area contributed by atoms with Crippen LogP contribution in [0.25, 0.3) is 0 Å². The fourth-order valence-electron chi connectivity index (χ4n) is 3.93. The van der Waals surface area contributed by atoms with Crippen LogP contribution in [-0.4, -0.2) is 48.3 Å².